The molecular formula is C27H25N. The van der Waals surface area contributed by atoms with Crippen molar-refractivity contribution in [3.8, 4) is 0 Å². The summed E-state index contributed by atoms with van der Waals surface area (Å²) in [5.74, 6) is 0. The third kappa shape index (κ3) is 3.34. The molecule has 1 heteroatoms. The van der Waals surface area contributed by atoms with Gasteiger partial charge < -0.3 is 0 Å². The molecule has 1 fully saturated rings. The summed E-state index contributed by atoms with van der Waals surface area (Å²) in [6.07, 6.45) is 6.83. The topological polar surface area (TPSA) is 3.24 Å². The molecule has 1 saturated heterocycles. The second-order valence-electron chi connectivity index (χ2n) is 7.75. The molecule has 0 N–H and O–H groups in total. The minimum Gasteiger partial charge on any atom is -0.298 e. The largest absolute Gasteiger partial charge is 0.298 e. The lowest BCUT2D eigenvalue weighted by Gasteiger charge is -2.30. The summed E-state index contributed by atoms with van der Waals surface area (Å²) in [5.41, 5.74) is 9.91. The van der Waals surface area contributed by atoms with Crippen molar-refractivity contribution in [3.05, 3.63) is 112 Å². The Morgan fingerprint density at radius 2 is 1.14 bits per heavy atom. The van der Waals surface area contributed by atoms with Crippen molar-refractivity contribution in [2.45, 2.75) is 19.4 Å². The molecule has 138 valence electrons. The van der Waals surface area contributed by atoms with Crippen molar-refractivity contribution in [1.82, 2.24) is 4.90 Å². The summed E-state index contributed by atoms with van der Waals surface area (Å²) in [5, 5.41) is 0. The maximum atomic E-state index is 2.59. The van der Waals surface area contributed by atoms with Gasteiger partial charge in [-0.3, -0.25) is 4.90 Å². The van der Waals surface area contributed by atoms with Crippen molar-refractivity contribution >= 4 is 17.7 Å². The monoisotopic (exact) mass is 363 g/mol. The molecule has 1 aliphatic carbocycles. The van der Waals surface area contributed by atoms with Gasteiger partial charge in [-0.05, 0) is 46.2 Å². The second-order valence-corrected chi connectivity index (χ2v) is 7.75. The zero-order valence-electron chi connectivity index (χ0n) is 16.1. The van der Waals surface area contributed by atoms with Crippen LogP contribution in [0.2, 0.25) is 0 Å². The van der Waals surface area contributed by atoms with Gasteiger partial charge in [0.05, 0.1) is 0 Å². The minimum absolute atomic E-state index is 1.05. The van der Waals surface area contributed by atoms with Crippen LogP contribution >= 0.6 is 0 Å². The van der Waals surface area contributed by atoms with Crippen molar-refractivity contribution in [2.24, 2.45) is 0 Å². The standard InChI is InChI=1S/C27H25N/c1-2-8-21(9-3-1)20-28-18-16-24(17-19-28)27-25-12-6-4-10-22(25)14-15-23-11-5-7-13-26(23)27/h1-15H,16-20H2. The van der Waals surface area contributed by atoms with E-state index in [9.17, 15) is 0 Å². The molecule has 0 unspecified atom stereocenters. The van der Waals surface area contributed by atoms with Crippen LogP contribution < -0.4 is 0 Å². The Labute approximate surface area is 167 Å². The molecule has 0 spiro atoms. The number of hydrogen-bond donors (Lipinski definition) is 0. The van der Waals surface area contributed by atoms with E-state index in [0.29, 0.717) is 0 Å². The number of piperidine rings is 1. The molecule has 5 rings (SSSR count). The van der Waals surface area contributed by atoms with Crippen LogP contribution in [0.4, 0.5) is 0 Å². The van der Waals surface area contributed by atoms with Crippen LogP contribution in [-0.4, -0.2) is 18.0 Å². The van der Waals surface area contributed by atoms with Gasteiger partial charge in [-0.1, -0.05) is 96.6 Å². The number of nitrogens with zero attached hydrogens (tertiary/aromatic N) is 1. The molecule has 3 aromatic carbocycles. The average molecular weight is 364 g/mol. The lowest BCUT2D eigenvalue weighted by molar-refractivity contribution is 0.248. The second kappa shape index (κ2) is 7.61. The quantitative estimate of drug-likeness (QED) is 0.406. The van der Waals surface area contributed by atoms with Crippen molar-refractivity contribution in [2.75, 3.05) is 13.1 Å². The summed E-state index contributed by atoms with van der Waals surface area (Å²) in [6.45, 7) is 3.31. The van der Waals surface area contributed by atoms with Gasteiger partial charge in [0, 0.05) is 19.6 Å². The highest BCUT2D eigenvalue weighted by molar-refractivity contribution is 5.94. The number of likely N-dealkylation sites (tertiary alicyclic amines) is 1. The summed E-state index contributed by atoms with van der Waals surface area (Å²) < 4.78 is 0. The Hall–Kier alpha value is -2.90. The van der Waals surface area contributed by atoms with Crippen LogP contribution in [-0.2, 0) is 6.54 Å². The van der Waals surface area contributed by atoms with Crippen molar-refractivity contribution < 1.29 is 0 Å². The van der Waals surface area contributed by atoms with Crippen molar-refractivity contribution in [1.29, 1.82) is 0 Å². The molecule has 0 amide bonds. The Bertz CT molecular complexity index is 981. The van der Waals surface area contributed by atoms with E-state index in [-0.39, 0.29) is 0 Å². The fourth-order valence-corrected chi connectivity index (χ4v) is 4.52. The molecule has 28 heavy (non-hydrogen) atoms. The molecule has 0 bridgehead atoms. The smallest absolute Gasteiger partial charge is 0.0233 e. The lowest BCUT2D eigenvalue weighted by atomic mass is 9.86. The van der Waals surface area contributed by atoms with Gasteiger partial charge in [0.15, 0.2) is 0 Å². The highest BCUT2D eigenvalue weighted by Crippen LogP contribution is 2.38. The van der Waals surface area contributed by atoms with E-state index >= 15 is 0 Å². The van der Waals surface area contributed by atoms with Crippen LogP contribution in [0.3, 0.4) is 0 Å². The average Bonchev–Trinajstić information content (AvgIpc) is 2.92. The van der Waals surface area contributed by atoms with Crippen LogP contribution in [0.15, 0.2) is 84.4 Å². The number of rotatable bonds is 2. The van der Waals surface area contributed by atoms with E-state index in [1.807, 2.05) is 0 Å². The van der Waals surface area contributed by atoms with E-state index < -0.39 is 0 Å². The van der Waals surface area contributed by atoms with Gasteiger partial charge in [-0.25, -0.2) is 0 Å². The van der Waals surface area contributed by atoms with Crippen LogP contribution in [0.1, 0.15) is 40.7 Å². The van der Waals surface area contributed by atoms with Gasteiger partial charge in [-0.2, -0.15) is 0 Å². The van der Waals surface area contributed by atoms with Gasteiger partial charge in [0.25, 0.3) is 0 Å². The van der Waals surface area contributed by atoms with E-state index in [1.165, 1.54) is 33.4 Å². The summed E-state index contributed by atoms with van der Waals surface area (Å²) in [7, 11) is 0. The molecule has 0 saturated carbocycles. The maximum Gasteiger partial charge on any atom is 0.0233 e. The normalized spacial score (nSPS) is 16.4. The first kappa shape index (κ1) is 17.2. The molecule has 3 aromatic rings. The Balaban J connectivity index is 1.49. The first-order valence-electron chi connectivity index (χ1n) is 10.2. The molecule has 0 aromatic heterocycles. The molecule has 1 heterocycles. The SMILES string of the molecule is C1=Cc2ccccc2C(=C2CCN(Cc3ccccc3)CC2)c2ccccc21. The predicted molar refractivity (Wildman–Crippen MR) is 119 cm³/mol. The molecule has 2 aliphatic rings. The molecule has 0 atom stereocenters. The first-order valence-corrected chi connectivity index (χ1v) is 10.2. The molecule has 0 radical (unpaired) electrons. The molecule has 1 nitrogen and oxygen atoms in total. The van der Waals surface area contributed by atoms with E-state index in [2.05, 4.69) is 95.9 Å². The third-order valence-electron chi connectivity index (χ3n) is 5.96. The van der Waals surface area contributed by atoms with Crippen LogP contribution in [0.25, 0.3) is 17.7 Å². The Kier molecular flexibility index (Phi) is 4.68. The van der Waals surface area contributed by atoms with Gasteiger partial charge >= 0.3 is 0 Å². The predicted octanol–water partition coefficient (Wildman–Crippen LogP) is 6.27. The van der Waals surface area contributed by atoms with Gasteiger partial charge in [-0.15, -0.1) is 0 Å². The number of hydrogen-bond acceptors (Lipinski definition) is 1. The first-order chi connectivity index (χ1) is 13.9. The van der Waals surface area contributed by atoms with Gasteiger partial charge in [0.2, 0.25) is 0 Å². The van der Waals surface area contributed by atoms with Gasteiger partial charge in [0.1, 0.15) is 0 Å². The summed E-state index contributed by atoms with van der Waals surface area (Å²) in [6, 6.07) is 28.5. The minimum atomic E-state index is 1.05. The molecular weight excluding hydrogens is 338 g/mol. The van der Waals surface area contributed by atoms with E-state index in [0.717, 1.165) is 32.5 Å². The summed E-state index contributed by atoms with van der Waals surface area (Å²) >= 11 is 0. The van der Waals surface area contributed by atoms with E-state index in [4.69, 9.17) is 0 Å². The maximum absolute atomic E-state index is 2.59. The van der Waals surface area contributed by atoms with E-state index in [1.54, 1.807) is 5.57 Å². The summed E-state index contributed by atoms with van der Waals surface area (Å²) in [4.78, 5) is 2.59. The van der Waals surface area contributed by atoms with Crippen LogP contribution in [0.5, 0.6) is 0 Å². The highest BCUT2D eigenvalue weighted by atomic mass is 15.1. The zero-order valence-corrected chi connectivity index (χ0v) is 16.1. The highest BCUT2D eigenvalue weighted by Gasteiger charge is 2.22. The van der Waals surface area contributed by atoms with Crippen LogP contribution in [0, 0.1) is 0 Å². The fourth-order valence-electron chi connectivity index (χ4n) is 4.52. The zero-order chi connectivity index (χ0) is 18.8. The fraction of sp³-hybridized carbons (Fsp3) is 0.185. The number of fused-ring (bicyclic) bond motifs is 2. The molecule has 1 aliphatic heterocycles. The Morgan fingerprint density at radius 3 is 1.75 bits per heavy atom. The number of benzene rings is 3. The Morgan fingerprint density at radius 1 is 0.607 bits per heavy atom. The lowest BCUT2D eigenvalue weighted by Crippen LogP contribution is -2.30. The third-order valence-corrected chi connectivity index (χ3v) is 5.96. The van der Waals surface area contributed by atoms with Crippen molar-refractivity contribution in [3.63, 3.8) is 0 Å².